The van der Waals surface area contributed by atoms with E-state index in [1.54, 1.807) is 0 Å². The molecule has 1 heterocycles. The molecule has 5 rings (SSSR count). The second-order valence-electron chi connectivity index (χ2n) is 8.89. The number of nitro groups is 4. The number of ether oxygens (including phenoxy) is 4. The maximum Gasteiger partial charge on any atom is 0.318 e. The molecule has 4 aromatic carbocycles. The fourth-order valence-corrected chi connectivity index (χ4v) is 4.28. The fourth-order valence-electron chi connectivity index (χ4n) is 4.28. The van der Waals surface area contributed by atoms with Crippen molar-refractivity contribution in [2.45, 2.75) is 0 Å². The molecule has 0 radical (unpaired) electrons. The summed E-state index contributed by atoms with van der Waals surface area (Å²) in [6.45, 7) is 0. The summed E-state index contributed by atoms with van der Waals surface area (Å²) >= 11 is 0. The Hall–Kier alpha value is -6.72. The normalized spacial score (nSPS) is 11.5. The molecule has 0 saturated heterocycles. The second kappa shape index (κ2) is 11.3. The number of hydrogen-bond acceptors (Lipinski definition) is 14. The van der Waals surface area contributed by atoms with Gasteiger partial charge in [0.25, 0.3) is 11.4 Å². The largest absolute Gasteiger partial charge is 0.493 e. The van der Waals surface area contributed by atoms with Crippen LogP contribution < -0.4 is 29.6 Å². The lowest BCUT2D eigenvalue weighted by molar-refractivity contribution is -0.394. The van der Waals surface area contributed by atoms with Crippen LogP contribution in [0.2, 0.25) is 0 Å². The molecule has 0 aliphatic carbocycles. The van der Waals surface area contributed by atoms with Crippen molar-refractivity contribution in [1.82, 2.24) is 0 Å². The number of nitro benzene ring substituents is 4. The number of fused-ring (bicyclic) bond motifs is 8. The van der Waals surface area contributed by atoms with E-state index in [1.165, 1.54) is 50.6 Å². The molecule has 0 saturated carbocycles. The van der Waals surface area contributed by atoms with Crippen LogP contribution in [0.25, 0.3) is 0 Å². The third kappa shape index (κ3) is 5.44. The SMILES string of the molecule is COc1ccc2cc1Oc1cc(c([N+](=O)[O-])cc1[N+](=O)[O-])Nc1ccc(OC)c(c1)Oc1cc(c([N+](=O)[O-])cc1[N+](=O)[O-])N2. The molecule has 4 aromatic rings. The lowest BCUT2D eigenvalue weighted by Crippen LogP contribution is -2.04. The highest BCUT2D eigenvalue weighted by molar-refractivity contribution is 5.79. The summed E-state index contributed by atoms with van der Waals surface area (Å²) in [5, 5.41) is 53.2. The van der Waals surface area contributed by atoms with Crippen molar-refractivity contribution in [2.24, 2.45) is 0 Å². The number of benzene rings is 4. The molecule has 0 unspecified atom stereocenters. The molecule has 2 N–H and O–H groups in total. The molecular weight excluding hydrogens is 588 g/mol. The minimum atomic E-state index is -0.861. The van der Waals surface area contributed by atoms with Crippen LogP contribution in [-0.4, -0.2) is 33.9 Å². The zero-order valence-electron chi connectivity index (χ0n) is 22.5. The maximum absolute atomic E-state index is 11.9. The minimum Gasteiger partial charge on any atom is -0.493 e. The second-order valence-corrected chi connectivity index (χ2v) is 8.89. The van der Waals surface area contributed by atoms with Crippen molar-refractivity contribution in [3.8, 4) is 34.5 Å². The first-order valence-corrected chi connectivity index (χ1v) is 12.2. The topological polar surface area (TPSA) is 234 Å². The Balaban J connectivity index is 1.82. The molecule has 8 bridgehead atoms. The highest BCUT2D eigenvalue weighted by Crippen LogP contribution is 2.47. The Bertz CT molecular complexity index is 1740. The molecule has 0 atom stereocenters. The summed E-state index contributed by atoms with van der Waals surface area (Å²) in [6, 6.07) is 11.8. The zero-order chi connectivity index (χ0) is 31.7. The van der Waals surface area contributed by atoms with Crippen LogP contribution in [0, 0.1) is 40.5 Å². The number of methoxy groups -OCH3 is 2. The highest BCUT2D eigenvalue weighted by atomic mass is 16.6. The van der Waals surface area contributed by atoms with E-state index in [0.29, 0.717) is 12.1 Å². The minimum absolute atomic E-state index is 0.0841. The van der Waals surface area contributed by atoms with E-state index < -0.39 is 53.9 Å². The van der Waals surface area contributed by atoms with Crippen molar-refractivity contribution in [1.29, 1.82) is 0 Å². The van der Waals surface area contributed by atoms with E-state index in [1.807, 2.05) is 0 Å². The van der Waals surface area contributed by atoms with Gasteiger partial charge in [0.1, 0.15) is 23.5 Å². The highest BCUT2D eigenvalue weighted by Gasteiger charge is 2.30. The first-order valence-electron chi connectivity index (χ1n) is 12.2. The van der Waals surface area contributed by atoms with E-state index in [9.17, 15) is 40.5 Å². The lowest BCUT2D eigenvalue weighted by atomic mass is 10.1. The van der Waals surface area contributed by atoms with Crippen LogP contribution in [0.1, 0.15) is 0 Å². The van der Waals surface area contributed by atoms with Gasteiger partial charge in [-0.05, 0) is 24.3 Å². The average molecular weight is 606 g/mol. The third-order valence-corrected chi connectivity index (χ3v) is 6.27. The summed E-state index contributed by atoms with van der Waals surface area (Å²) in [4.78, 5) is 44.3. The van der Waals surface area contributed by atoms with Gasteiger partial charge in [0.2, 0.25) is 11.5 Å². The van der Waals surface area contributed by atoms with Gasteiger partial charge in [0, 0.05) is 35.6 Å². The van der Waals surface area contributed by atoms with E-state index in [-0.39, 0.29) is 45.7 Å². The van der Waals surface area contributed by atoms with Gasteiger partial charge in [0.05, 0.1) is 33.9 Å². The van der Waals surface area contributed by atoms with Gasteiger partial charge in [-0.15, -0.1) is 0 Å². The number of anilines is 4. The number of rotatable bonds is 6. The van der Waals surface area contributed by atoms with Crippen LogP contribution in [-0.2, 0) is 0 Å². The molecule has 1 aliphatic heterocycles. The van der Waals surface area contributed by atoms with Gasteiger partial charge >= 0.3 is 11.4 Å². The Morgan fingerprint density at radius 3 is 1.20 bits per heavy atom. The van der Waals surface area contributed by atoms with Crippen molar-refractivity contribution >= 4 is 45.5 Å². The molecule has 44 heavy (non-hydrogen) atoms. The number of nitrogens with zero attached hydrogens (tertiary/aromatic N) is 4. The third-order valence-electron chi connectivity index (χ3n) is 6.27. The Labute approximate surface area is 244 Å². The predicted molar refractivity (Wildman–Crippen MR) is 152 cm³/mol. The van der Waals surface area contributed by atoms with Crippen molar-refractivity contribution < 1.29 is 38.6 Å². The quantitative estimate of drug-likeness (QED) is 0.151. The predicted octanol–water partition coefficient (Wildman–Crippen LogP) is 6.72. The molecule has 0 aromatic heterocycles. The standard InChI is InChI=1S/C26H18N6O12/c1-41-21-5-3-13-7-25(21)43-23-9-15(17(29(33)34)11-19(23)31(37)38)28-14-4-6-22(42-2)26(8-14)44-24-10-16(27-13)18(30(35)36)12-20(24)32(39)40/h3-12,27-28H,1-2H3. The van der Waals surface area contributed by atoms with Gasteiger partial charge in [-0.1, -0.05) is 0 Å². The fraction of sp³-hybridized carbons (Fsp3) is 0.0769. The summed E-state index contributed by atoms with van der Waals surface area (Å²) in [7, 11) is 2.59. The van der Waals surface area contributed by atoms with Gasteiger partial charge in [0.15, 0.2) is 23.0 Å². The molecule has 0 amide bonds. The van der Waals surface area contributed by atoms with Crippen LogP contribution in [0.3, 0.4) is 0 Å². The summed E-state index contributed by atoms with van der Waals surface area (Å²) in [5.74, 6) is -0.860. The van der Waals surface area contributed by atoms with Gasteiger partial charge in [-0.3, -0.25) is 40.5 Å². The van der Waals surface area contributed by atoms with E-state index in [0.717, 1.165) is 12.1 Å². The molecule has 0 spiro atoms. The Kier molecular flexibility index (Phi) is 7.38. The molecule has 18 heteroatoms. The lowest BCUT2D eigenvalue weighted by Gasteiger charge is -2.17. The summed E-state index contributed by atoms with van der Waals surface area (Å²) in [5.41, 5.74) is -2.96. The maximum atomic E-state index is 11.9. The van der Waals surface area contributed by atoms with Crippen molar-refractivity contribution in [3.05, 3.63) is 101 Å². The van der Waals surface area contributed by atoms with Gasteiger partial charge in [-0.25, -0.2) is 0 Å². The Morgan fingerprint density at radius 1 is 0.523 bits per heavy atom. The van der Waals surface area contributed by atoms with E-state index in [2.05, 4.69) is 10.6 Å². The molecule has 18 nitrogen and oxygen atoms in total. The van der Waals surface area contributed by atoms with Crippen LogP contribution in [0.15, 0.2) is 60.7 Å². The summed E-state index contributed by atoms with van der Waals surface area (Å²) < 4.78 is 22.3. The number of hydrogen-bond donors (Lipinski definition) is 2. The Morgan fingerprint density at radius 2 is 0.886 bits per heavy atom. The molecule has 224 valence electrons. The van der Waals surface area contributed by atoms with Gasteiger partial charge < -0.3 is 29.6 Å². The molecular formula is C26H18N6O12. The smallest absolute Gasteiger partial charge is 0.318 e. The van der Waals surface area contributed by atoms with Crippen molar-refractivity contribution in [3.63, 3.8) is 0 Å². The average Bonchev–Trinajstić information content (AvgIpc) is 2.96. The summed E-state index contributed by atoms with van der Waals surface area (Å²) in [6.07, 6.45) is 0. The molecule has 0 fully saturated rings. The van der Waals surface area contributed by atoms with E-state index >= 15 is 0 Å². The first-order chi connectivity index (χ1) is 21.0. The van der Waals surface area contributed by atoms with Crippen molar-refractivity contribution in [2.75, 3.05) is 24.9 Å². The van der Waals surface area contributed by atoms with E-state index in [4.69, 9.17) is 18.9 Å². The zero-order valence-corrected chi connectivity index (χ0v) is 22.5. The van der Waals surface area contributed by atoms with Gasteiger partial charge in [-0.2, -0.15) is 0 Å². The van der Waals surface area contributed by atoms with Crippen LogP contribution in [0.5, 0.6) is 34.5 Å². The number of nitrogens with one attached hydrogen (secondary N) is 2. The van der Waals surface area contributed by atoms with Crippen LogP contribution >= 0.6 is 0 Å². The monoisotopic (exact) mass is 606 g/mol. The molecule has 1 aliphatic rings. The van der Waals surface area contributed by atoms with Crippen LogP contribution in [0.4, 0.5) is 45.5 Å². The first kappa shape index (κ1) is 28.8.